The smallest absolute Gasteiger partial charge is 0.293 e. The Morgan fingerprint density at radius 1 is 1.10 bits per heavy atom. The molecule has 1 saturated heterocycles. The maximum absolute atomic E-state index is 13.7. The van der Waals surface area contributed by atoms with Crippen LogP contribution in [0.25, 0.3) is 0 Å². The second kappa shape index (κ2) is 8.21. The highest BCUT2D eigenvalue weighted by atomic mass is 19.2. The van der Waals surface area contributed by atoms with Gasteiger partial charge in [0.05, 0.1) is 10.6 Å². The van der Waals surface area contributed by atoms with Crippen molar-refractivity contribution in [3.8, 4) is 0 Å². The van der Waals surface area contributed by atoms with Crippen molar-refractivity contribution in [3.63, 3.8) is 0 Å². The number of rotatable bonds is 4. The number of benzene rings is 2. The Morgan fingerprint density at radius 2 is 1.79 bits per heavy atom. The van der Waals surface area contributed by atoms with Crippen molar-refractivity contribution in [2.24, 2.45) is 0 Å². The molecule has 2 amide bonds. The number of halogens is 2. The summed E-state index contributed by atoms with van der Waals surface area (Å²) < 4.78 is 27.0. The van der Waals surface area contributed by atoms with E-state index in [1.807, 2.05) is 0 Å². The predicted octanol–water partition coefficient (Wildman–Crippen LogP) is 2.79. The number of nitrogens with zero attached hydrogens (tertiary/aromatic N) is 3. The molecule has 10 heteroatoms. The molecule has 1 fully saturated rings. The highest BCUT2D eigenvalue weighted by molar-refractivity contribution is 6.05. The lowest BCUT2D eigenvalue weighted by Crippen LogP contribution is -2.48. The zero-order valence-corrected chi connectivity index (χ0v) is 15.5. The van der Waals surface area contributed by atoms with Crippen LogP contribution < -0.4 is 10.2 Å². The minimum Gasteiger partial charge on any atom is -0.362 e. The summed E-state index contributed by atoms with van der Waals surface area (Å²) in [5.74, 6) is -3.19. The number of carbonyl (C=O) groups excluding carboxylic acids is 2. The van der Waals surface area contributed by atoms with Crippen LogP contribution in [0.4, 0.5) is 25.8 Å². The number of nitro benzene ring substituents is 1. The van der Waals surface area contributed by atoms with Crippen LogP contribution in [0.5, 0.6) is 0 Å². The lowest BCUT2D eigenvalue weighted by atomic mass is 10.1. The van der Waals surface area contributed by atoms with Gasteiger partial charge in [0.25, 0.3) is 11.6 Å². The molecule has 1 heterocycles. The fourth-order valence-corrected chi connectivity index (χ4v) is 3.14. The SMILES string of the molecule is CC(=O)N1CCN(c2ccc(C(=O)Nc3cccc(F)c3F)cc2[N+](=O)[O-])CC1. The molecule has 2 aromatic rings. The normalized spacial score (nSPS) is 13.9. The van der Waals surface area contributed by atoms with Crippen LogP contribution in [0.2, 0.25) is 0 Å². The summed E-state index contributed by atoms with van der Waals surface area (Å²) in [7, 11) is 0. The van der Waals surface area contributed by atoms with Gasteiger partial charge in [-0.3, -0.25) is 19.7 Å². The molecule has 8 nitrogen and oxygen atoms in total. The first-order valence-corrected chi connectivity index (χ1v) is 8.82. The van der Waals surface area contributed by atoms with Crippen molar-refractivity contribution in [1.82, 2.24) is 4.90 Å². The molecule has 29 heavy (non-hydrogen) atoms. The third-order valence-corrected chi connectivity index (χ3v) is 4.70. The maximum atomic E-state index is 13.7. The van der Waals surface area contributed by atoms with Crippen LogP contribution in [0.3, 0.4) is 0 Å². The van der Waals surface area contributed by atoms with E-state index in [1.54, 1.807) is 9.80 Å². The standard InChI is InChI=1S/C19H18F2N4O4/c1-12(26)23-7-9-24(10-8-23)16-6-5-13(11-17(16)25(28)29)19(27)22-15-4-2-3-14(20)18(15)21/h2-6,11H,7-10H2,1H3,(H,22,27). The summed E-state index contributed by atoms with van der Waals surface area (Å²) in [5.41, 5.74) is -0.381. The van der Waals surface area contributed by atoms with E-state index in [0.717, 1.165) is 12.1 Å². The predicted molar refractivity (Wildman–Crippen MR) is 102 cm³/mol. The van der Waals surface area contributed by atoms with E-state index in [4.69, 9.17) is 0 Å². The van der Waals surface area contributed by atoms with Gasteiger partial charge in [0, 0.05) is 44.7 Å². The Kier molecular flexibility index (Phi) is 5.71. The molecule has 2 aromatic carbocycles. The quantitative estimate of drug-likeness (QED) is 0.625. The summed E-state index contributed by atoms with van der Waals surface area (Å²) in [4.78, 5) is 38.2. The average Bonchev–Trinajstić information content (AvgIpc) is 2.71. The van der Waals surface area contributed by atoms with E-state index in [9.17, 15) is 28.5 Å². The molecular formula is C19H18F2N4O4. The van der Waals surface area contributed by atoms with Gasteiger partial charge in [0.1, 0.15) is 5.69 Å². The lowest BCUT2D eigenvalue weighted by Gasteiger charge is -2.35. The largest absolute Gasteiger partial charge is 0.362 e. The molecule has 0 spiro atoms. The Bertz CT molecular complexity index is 975. The van der Waals surface area contributed by atoms with Gasteiger partial charge in [-0.2, -0.15) is 0 Å². The zero-order chi connectivity index (χ0) is 21.1. The molecular weight excluding hydrogens is 386 g/mol. The van der Waals surface area contributed by atoms with Crippen molar-refractivity contribution in [2.45, 2.75) is 6.92 Å². The van der Waals surface area contributed by atoms with Gasteiger partial charge in [-0.1, -0.05) is 6.07 Å². The third-order valence-electron chi connectivity index (χ3n) is 4.70. The fraction of sp³-hybridized carbons (Fsp3) is 0.263. The van der Waals surface area contributed by atoms with Crippen molar-refractivity contribution < 1.29 is 23.3 Å². The first-order chi connectivity index (χ1) is 13.8. The molecule has 0 unspecified atom stereocenters. The summed E-state index contributed by atoms with van der Waals surface area (Å²) in [6, 6.07) is 7.26. The average molecular weight is 404 g/mol. The molecule has 0 aromatic heterocycles. The van der Waals surface area contributed by atoms with Crippen LogP contribution in [0.15, 0.2) is 36.4 Å². The first kappa shape index (κ1) is 20.2. The Balaban J connectivity index is 1.82. The van der Waals surface area contributed by atoms with Crippen LogP contribution in [-0.4, -0.2) is 47.8 Å². The molecule has 152 valence electrons. The molecule has 3 rings (SSSR count). The second-order valence-corrected chi connectivity index (χ2v) is 6.51. The summed E-state index contributed by atoms with van der Waals surface area (Å²) in [5, 5.41) is 13.8. The minimum atomic E-state index is -1.21. The number of hydrogen-bond acceptors (Lipinski definition) is 5. The van der Waals surface area contributed by atoms with E-state index >= 15 is 0 Å². The van der Waals surface area contributed by atoms with Gasteiger partial charge in [-0.25, -0.2) is 8.78 Å². The van der Waals surface area contributed by atoms with Gasteiger partial charge in [0.2, 0.25) is 5.91 Å². The number of hydrogen-bond donors (Lipinski definition) is 1. The molecule has 1 aliphatic heterocycles. The van der Waals surface area contributed by atoms with E-state index in [2.05, 4.69) is 5.32 Å². The first-order valence-electron chi connectivity index (χ1n) is 8.82. The van der Waals surface area contributed by atoms with Gasteiger partial charge in [0.15, 0.2) is 11.6 Å². The van der Waals surface area contributed by atoms with Crippen LogP contribution >= 0.6 is 0 Å². The third kappa shape index (κ3) is 4.31. The molecule has 0 aliphatic carbocycles. The van der Waals surface area contributed by atoms with E-state index < -0.39 is 22.5 Å². The highest BCUT2D eigenvalue weighted by Crippen LogP contribution is 2.30. The van der Waals surface area contributed by atoms with Gasteiger partial charge >= 0.3 is 0 Å². The van der Waals surface area contributed by atoms with Crippen molar-refractivity contribution >= 4 is 28.9 Å². The Labute approximate surface area is 164 Å². The van der Waals surface area contributed by atoms with Crippen LogP contribution in [0.1, 0.15) is 17.3 Å². The summed E-state index contributed by atoms with van der Waals surface area (Å²) in [6.07, 6.45) is 0. The van der Waals surface area contributed by atoms with Crippen molar-refractivity contribution in [1.29, 1.82) is 0 Å². The van der Waals surface area contributed by atoms with Crippen LogP contribution in [0, 0.1) is 21.7 Å². The molecule has 0 radical (unpaired) electrons. The fourth-order valence-electron chi connectivity index (χ4n) is 3.14. The van der Waals surface area contributed by atoms with Gasteiger partial charge in [-0.05, 0) is 24.3 Å². The molecule has 0 atom stereocenters. The van der Waals surface area contributed by atoms with E-state index in [-0.39, 0.29) is 22.8 Å². The number of amides is 2. The lowest BCUT2D eigenvalue weighted by molar-refractivity contribution is -0.384. The molecule has 0 bridgehead atoms. The Hall–Kier alpha value is -3.56. The molecule has 1 N–H and O–H groups in total. The number of anilines is 2. The number of piperazine rings is 1. The number of nitro groups is 1. The maximum Gasteiger partial charge on any atom is 0.293 e. The molecule has 0 saturated carbocycles. The van der Waals surface area contributed by atoms with Crippen molar-refractivity contribution in [3.05, 3.63) is 63.7 Å². The van der Waals surface area contributed by atoms with E-state index in [1.165, 1.54) is 31.2 Å². The summed E-state index contributed by atoms with van der Waals surface area (Å²) in [6.45, 7) is 3.18. The molecule has 1 aliphatic rings. The zero-order valence-electron chi connectivity index (χ0n) is 15.5. The Morgan fingerprint density at radius 3 is 2.41 bits per heavy atom. The van der Waals surface area contributed by atoms with Crippen molar-refractivity contribution in [2.75, 3.05) is 36.4 Å². The topological polar surface area (TPSA) is 95.8 Å². The highest BCUT2D eigenvalue weighted by Gasteiger charge is 2.26. The van der Waals surface area contributed by atoms with Gasteiger partial charge < -0.3 is 15.1 Å². The van der Waals surface area contributed by atoms with Crippen LogP contribution in [-0.2, 0) is 4.79 Å². The summed E-state index contributed by atoms with van der Waals surface area (Å²) >= 11 is 0. The van der Waals surface area contributed by atoms with Gasteiger partial charge in [-0.15, -0.1) is 0 Å². The minimum absolute atomic E-state index is 0.0595. The second-order valence-electron chi connectivity index (χ2n) is 6.51. The number of nitrogens with one attached hydrogen (secondary N) is 1. The monoisotopic (exact) mass is 404 g/mol. The number of carbonyl (C=O) groups is 2. The van der Waals surface area contributed by atoms with E-state index in [0.29, 0.717) is 31.9 Å².